The van der Waals surface area contributed by atoms with Crippen molar-refractivity contribution >= 4 is 38.4 Å². The fourth-order valence-electron chi connectivity index (χ4n) is 6.87. The fourth-order valence-corrected chi connectivity index (χ4v) is 7.81. The number of fused-ring (bicyclic) bond motifs is 3. The lowest BCUT2D eigenvalue weighted by atomic mass is 9.95. The fraction of sp³-hybridized carbons (Fsp3) is 0.368. The molecule has 0 spiro atoms. The van der Waals surface area contributed by atoms with E-state index in [4.69, 9.17) is 24.3 Å². The number of hydrogen-bond donors (Lipinski definition) is 0. The van der Waals surface area contributed by atoms with E-state index in [0.717, 1.165) is 51.2 Å². The lowest BCUT2D eigenvalue weighted by Gasteiger charge is -2.37. The zero-order chi connectivity index (χ0) is 36.0. The number of unbranched alkanes of at least 4 members (excludes halogenated alkanes) is 1. The number of carbonyl (C=O) groups is 1. The summed E-state index contributed by atoms with van der Waals surface area (Å²) >= 11 is 1.44. The number of methoxy groups -OCH3 is 2. The highest BCUT2D eigenvalue weighted by Crippen LogP contribution is 2.47. The molecule has 2 aromatic carbocycles. The Morgan fingerprint density at radius 3 is 2.61 bits per heavy atom. The summed E-state index contributed by atoms with van der Waals surface area (Å²) in [4.78, 5) is 20.6. The van der Waals surface area contributed by atoms with E-state index >= 15 is 4.39 Å². The third-order valence-corrected chi connectivity index (χ3v) is 10.1. The van der Waals surface area contributed by atoms with Crippen LogP contribution in [0.25, 0.3) is 54.8 Å². The summed E-state index contributed by atoms with van der Waals surface area (Å²) < 4.78 is 51.8. The third-order valence-electron chi connectivity index (χ3n) is 9.14. The number of nitrogens with zero attached hydrogens (tertiary/aromatic N) is 6. The third kappa shape index (κ3) is 6.56. The molecule has 4 aromatic heterocycles. The van der Waals surface area contributed by atoms with E-state index < -0.39 is 23.3 Å². The quantitative estimate of drug-likeness (QED) is 0.138. The van der Waals surface area contributed by atoms with Gasteiger partial charge < -0.3 is 14.2 Å². The maximum absolute atomic E-state index is 16.0. The normalized spacial score (nSPS) is 14.7. The van der Waals surface area contributed by atoms with Crippen LogP contribution in [-0.4, -0.2) is 68.5 Å². The zero-order valence-electron chi connectivity index (χ0n) is 29.5. The molecule has 10 nitrogen and oxygen atoms in total. The summed E-state index contributed by atoms with van der Waals surface area (Å²) in [6, 6.07) is 11.6. The molecule has 0 saturated carbocycles. The number of benzene rings is 2. The Balaban J connectivity index is 1.44. The molecule has 1 atom stereocenters. The lowest BCUT2D eigenvalue weighted by molar-refractivity contribution is 0.00843. The van der Waals surface area contributed by atoms with Crippen LogP contribution in [0.4, 0.5) is 13.6 Å². The van der Waals surface area contributed by atoms with Gasteiger partial charge in [0.25, 0.3) is 0 Å². The van der Waals surface area contributed by atoms with Crippen LogP contribution >= 0.6 is 11.3 Å². The molecule has 7 rings (SSSR count). The molecule has 0 radical (unpaired) electrons. The number of aryl methyl sites for hydroxylation is 1. The number of thiophene rings is 1. The Kier molecular flexibility index (Phi) is 9.27. The van der Waals surface area contributed by atoms with Crippen LogP contribution in [0.15, 0.2) is 54.0 Å². The first-order chi connectivity index (χ1) is 24.5. The van der Waals surface area contributed by atoms with E-state index in [0.29, 0.717) is 48.8 Å². The first-order valence-corrected chi connectivity index (χ1v) is 17.8. The van der Waals surface area contributed by atoms with Gasteiger partial charge in [0.1, 0.15) is 34.4 Å². The van der Waals surface area contributed by atoms with Crippen LogP contribution in [-0.2, 0) is 23.1 Å². The SMILES string of the molecule is COCCCC[C@H]1c2cc(-c3nc(-c4ccc5c(cnn5C)c4)c4ccsc4c3-c3c(F)cc(F)cc3OC)nn2CCN1C(=O)OC(C)(C)C. The summed E-state index contributed by atoms with van der Waals surface area (Å²) in [5.41, 5.74) is 4.15. The van der Waals surface area contributed by atoms with E-state index in [9.17, 15) is 9.18 Å². The van der Waals surface area contributed by atoms with Crippen molar-refractivity contribution in [2.75, 3.05) is 27.4 Å². The monoisotopic (exact) mass is 714 g/mol. The van der Waals surface area contributed by atoms with Crippen LogP contribution in [0.3, 0.4) is 0 Å². The molecular weight excluding hydrogens is 675 g/mol. The van der Waals surface area contributed by atoms with Crippen molar-refractivity contribution in [1.29, 1.82) is 0 Å². The van der Waals surface area contributed by atoms with Crippen molar-refractivity contribution in [2.45, 2.75) is 58.2 Å². The van der Waals surface area contributed by atoms with E-state index in [-0.39, 0.29) is 17.4 Å². The number of carbonyl (C=O) groups excluding carboxylic acids is 1. The number of amides is 1. The molecule has 1 aliphatic rings. The second kappa shape index (κ2) is 13.7. The van der Waals surface area contributed by atoms with Crippen LogP contribution in [0.1, 0.15) is 51.8 Å². The van der Waals surface area contributed by atoms with Gasteiger partial charge in [0, 0.05) is 66.0 Å². The number of rotatable bonds is 9. The number of ether oxygens (including phenoxy) is 3. The number of hydrogen-bond acceptors (Lipinski definition) is 8. The molecule has 0 unspecified atom stereocenters. The summed E-state index contributed by atoms with van der Waals surface area (Å²) in [5, 5.41) is 13.2. The molecular formula is C38H40F2N6O4S. The maximum Gasteiger partial charge on any atom is 0.410 e. The van der Waals surface area contributed by atoms with E-state index in [1.165, 1.54) is 24.5 Å². The standard InChI is InChI=1S/C38H40F2N6O4S/c1-38(2,3)50-37(47)45-13-14-46-30(29(45)9-7-8-15-48-5)20-27(43-46)35-33(32-26(40)18-24(39)19-31(32)49-6)36-25(12-16-51-36)34(42-35)22-10-11-28-23(17-22)21-41-44(28)4/h10-12,16-21,29H,7-9,13-15H2,1-6H3/t29-/m0/s1. The molecule has 51 heavy (non-hydrogen) atoms. The second-order valence-electron chi connectivity index (χ2n) is 13.7. The number of aromatic nitrogens is 5. The average molecular weight is 715 g/mol. The van der Waals surface area contributed by atoms with Crippen LogP contribution < -0.4 is 4.74 Å². The van der Waals surface area contributed by atoms with Gasteiger partial charge in [-0.15, -0.1) is 11.3 Å². The summed E-state index contributed by atoms with van der Waals surface area (Å²) in [6.45, 7) is 7.00. The highest BCUT2D eigenvalue weighted by molar-refractivity contribution is 7.18. The minimum atomic E-state index is -0.773. The van der Waals surface area contributed by atoms with Crippen molar-refractivity contribution in [2.24, 2.45) is 7.05 Å². The predicted octanol–water partition coefficient (Wildman–Crippen LogP) is 8.78. The molecule has 0 saturated heterocycles. The minimum absolute atomic E-state index is 0.0471. The van der Waals surface area contributed by atoms with Crippen LogP contribution in [0, 0.1) is 11.6 Å². The number of halogens is 2. The molecule has 266 valence electrons. The largest absolute Gasteiger partial charge is 0.496 e. The predicted molar refractivity (Wildman–Crippen MR) is 194 cm³/mol. The highest BCUT2D eigenvalue weighted by atomic mass is 32.1. The van der Waals surface area contributed by atoms with E-state index in [2.05, 4.69) is 5.10 Å². The van der Waals surface area contributed by atoms with Crippen molar-refractivity contribution in [3.05, 3.63) is 71.4 Å². The lowest BCUT2D eigenvalue weighted by Crippen LogP contribution is -2.44. The summed E-state index contributed by atoms with van der Waals surface area (Å²) in [6.07, 6.45) is 3.71. The maximum atomic E-state index is 16.0. The average Bonchev–Trinajstić information content (AvgIpc) is 3.84. The summed E-state index contributed by atoms with van der Waals surface area (Å²) in [7, 11) is 4.96. The van der Waals surface area contributed by atoms with Crippen molar-refractivity contribution < 1.29 is 27.8 Å². The Morgan fingerprint density at radius 1 is 1.02 bits per heavy atom. The Morgan fingerprint density at radius 2 is 1.84 bits per heavy atom. The molecule has 0 aliphatic carbocycles. The smallest absolute Gasteiger partial charge is 0.410 e. The zero-order valence-corrected chi connectivity index (χ0v) is 30.3. The van der Waals surface area contributed by atoms with Gasteiger partial charge in [0.05, 0.1) is 48.4 Å². The topological polar surface area (TPSA) is 96.5 Å². The molecule has 0 bridgehead atoms. The first kappa shape index (κ1) is 34.6. The Bertz CT molecular complexity index is 2250. The first-order valence-electron chi connectivity index (χ1n) is 16.9. The van der Waals surface area contributed by atoms with Gasteiger partial charge in [0.2, 0.25) is 0 Å². The van der Waals surface area contributed by atoms with Gasteiger partial charge >= 0.3 is 6.09 Å². The Labute approximate surface area is 298 Å². The van der Waals surface area contributed by atoms with Crippen molar-refractivity contribution in [1.82, 2.24) is 29.4 Å². The molecule has 6 aromatic rings. The molecule has 1 amide bonds. The van der Waals surface area contributed by atoms with Crippen molar-refractivity contribution in [3.63, 3.8) is 0 Å². The van der Waals surface area contributed by atoms with Crippen LogP contribution in [0.5, 0.6) is 5.75 Å². The minimum Gasteiger partial charge on any atom is -0.496 e. The van der Waals surface area contributed by atoms with Gasteiger partial charge in [-0.05, 0) is 69.7 Å². The molecule has 13 heteroatoms. The van der Waals surface area contributed by atoms with Gasteiger partial charge in [0.15, 0.2) is 0 Å². The van der Waals surface area contributed by atoms with Gasteiger partial charge in [-0.25, -0.2) is 18.6 Å². The second-order valence-corrected chi connectivity index (χ2v) is 14.6. The Hall–Kier alpha value is -4.88. The van der Waals surface area contributed by atoms with Gasteiger partial charge in [-0.3, -0.25) is 14.3 Å². The van der Waals surface area contributed by atoms with Crippen LogP contribution in [0.2, 0.25) is 0 Å². The van der Waals surface area contributed by atoms with E-state index in [1.807, 2.05) is 79.1 Å². The van der Waals surface area contributed by atoms with Crippen molar-refractivity contribution in [3.8, 4) is 39.5 Å². The highest BCUT2D eigenvalue weighted by Gasteiger charge is 2.36. The number of pyridine rings is 1. The molecule has 5 heterocycles. The van der Waals surface area contributed by atoms with E-state index in [1.54, 1.807) is 12.0 Å². The summed E-state index contributed by atoms with van der Waals surface area (Å²) in [5.74, 6) is -1.47. The molecule has 1 aliphatic heterocycles. The van der Waals surface area contributed by atoms with Gasteiger partial charge in [-0.1, -0.05) is 6.07 Å². The van der Waals surface area contributed by atoms with Gasteiger partial charge in [-0.2, -0.15) is 10.2 Å². The molecule has 0 N–H and O–H groups in total. The molecule has 0 fully saturated rings.